The maximum Gasteiger partial charge on any atom is 0.229 e. The number of hydrogen-bond donors (Lipinski definition) is 1. The molecule has 2 aliphatic heterocycles. The first-order chi connectivity index (χ1) is 11.0. The maximum absolute atomic E-state index is 11.9. The van der Waals surface area contributed by atoms with Crippen molar-refractivity contribution in [3.05, 3.63) is 11.7 Å². The van der Waals surface area contributed by atoms with E-state index in [9.17, 15) is 8.42 Å². The smallest absolute Gasteiger partial charge is 0.229 e. The molecule has 0 saturated carbocycles. The highest BCUT2D eigenvalue weighted by molar-refractivity contribution is 7.89. The van der Waals surface area contributed by atoms with Crippen LogP contribution in [0, 0.1) is 0 Å². The highest BCUT2D eigenvalue weighted by atomic mass is 32.2. The van der Waals surface area contributed by atoms with E-state index in [-0.39, 0.29) is 17.7 Å². The molecule has 0 spiro atoms. The zero-order valence-corrected chi connectivity index (χ0v) is 14.5. The second-order valence-electron chi connectivity index (χ2n) is 6.27. The molecule has 1 unspecified atom stereocenters. The van der Waals surface area contributed by atoms with Crippen LogP contribution in [0.5, 0.6) is 0 Å². The van der Waals surface area contributed by atoms with Crippen LogP contribution in [-0.2, 0) is 10.0 Å². The van der Waals surface area contributed by atoms with Crippen LogP contribution in [0.1, 0.15) is 43.4 Å². The summed E-state index contributed by atoms with van der Waals surface area (Å²) in [4.78, 5) is 6.81. The van der Waals surface area contributed by atoms with E-state index in [1.807, 2.05) is 0 Å². The lowest BCUT2D eigenvalue weighted by molar-refractivity contribution is 0.190. The van der Waals surface area contributed by atoms with Gasteiger partial charge in [0.25, 0.3) is 0 Å². The normalized spacial score (nSPS) is 25.7. The van der Waals surface area contributed by atoms with Gasteiger partial charge in [-0.15, -0.1) is 0 Å². The molecule has 9 heteroatoms. The molecule has 2 aliphatic rings. The Balaban J connectivity index is 1.63. The van der Waals surface area contributed by atoms with Gasteiger partial charge in [0.05, 0.1) is 11.8 Å². The number of aromatic nitrogens is 2. The molecule has 0 aromatic carbocycles. The lowest BCUT2D eigenvalue weighted by atomic mass is 9.98. The monoisotopic (exact) mass is 343 g/mol. The van der Waals surface area contributed by atoms with Gasteiger partial charge in [-0.2, -0.15) is 4.98 Å². The molecule has 1 N–H and O–H groups in total. The minimum Gasteiger partial charge on any atom is -0.339 e. The third-order valence-electron chi connectivity index (χ3n) is 4.83. The van der Waals surface area contributed by atoms with Gasteiger partial charge in [0.2, 0.25) is 15.9 Å². The molecule has 1 atom stereocenters. The number of sulfonamides is 1. The number of rotatable bonds is 4. The average Bonchev–Trinajstić information content (AvgIpc) is 3.05. The van der Waals surface area contributed by atoms with E-state index < -0.39 is 10.0 Å². The summed E-state index contributed by atoms with van der Waals surface area (Å²) in [6.07, 6.45) is 1.47. The summed E-state index contributed by atoms with van der Waals surface area (Å²) < 4.78 is 30.9. The van der Waals surface area contributed by atoms with Crippen molar-refractivity contribution >= 4 is 10.0 Å². The SMILES string of the molecule is CCS(=O)(=O)N1CCC(c2nc(C3CNCCN3C)no2)CC1. The first kappa shape index (κ1) is 16.8. The van der Waals surface area contributed by atoms with Crippen molar-refractivity contribution in [3.63, 3.8) is 0 Å². The number of piperazine rings is 1. The quantitative estimate of drug-likeness (QED) is 0.833. The highest BCUT2D eigenvalue weighted by Gasteiger charge is 2.32. The highest BCUT2D eigenvalue weighted by Crippen LogP contribution is 2.29. The fourth-order valence-corrected chi connectivity index (χ4v) is 4.34. The van der Waals surface area contributed by atoms with Gasteiger partial charge < -0.3 is 9.84 Å². The van der Waals surface area contributed by atoms with Crippen LogP contribution < -0.4 is 5.32 Å². The summed E-state index contributed by atoms with van der Waals surface area (Å²) in [5.74, 6) is 1.68. The summed E-state index contributed by atoms with van der Waals surface area (Å²) in [5.41, 5.74) is 0. The molecule has 2 fully saturated rings. The van der Waals surface area contributed by atoms with E-state index in [1.165, 1.54) is 0 Å². The number of nitrogens with zero attached hydrogens (tertiary/aromatic N) is 4. The first-order valence-electron chi connectivity index (χ1n) is 8.23. The van der Waals surface area contributed by atoms with E-state index in [1.54, 1.807) is 11.2 Å². The molecule has 0 amide bonds. The molecule has 1 aromatic heterocycles. The Morgan fingerprint density at radius 1 is 1.30 bits per heavy atom. The Bertz CT molecular complexity index is 624. The zero-order valence-electron chi connectivity index (χ0n) is 13.7. The predicted molar refractivity (Wildman–Crippen MR) is 85.5 cm³/mol. The molecular weight excluding hydrogens is 318 g/mol. The van der Waals surface area contributed by atoms with E-state index >= 15 is 0 Å². The predicted octanol–water partition coefficient (Wildman–Crippen LogP) is 0.175. The minimum absolute atomic E-state index is 0.141. The van der Waals surface area contributed by atoms with Gasteiger partial charge in [0, 0.05) is 38.6 Å². The van der Waals surface area contributed by atoms with Gasteiger partial charge in [-0.25, -0.2) is 12.7 Å². The zero-order chi connectivity index (χ0) is 16.4. The molecular formula is C14H25N5O3S. The molecule has 2 saturated heterocycles. The first-order valence-corrected chi connectivity index (χ1v) is 9.84. The van der Waals surface area contributed by atoms with Crippen LogP contribution in [0.3, 0.4) is 0 Å². The summed E-state index contributed by atoms with van der Waals surface area (Å²) in [5, 5.41) is 7.49. The Labute approximate surface area is 137 Å². The third-order valence-corrected chi connectivity index (χ3v) is 6.71. The van der Waals surface area contributed by atoms with Gasteiger partial charge >= 0.3 is 0 Å². The van der Waals surface area contributed by atoms with Crippen LogP contribution in [0.2, 0.25) is 0 Å². The average molecular weight is 343 g/mol. The summed E-state index contributed by atoms with van der Waals surface area (Å²) in [7, 11) is -1.03. The van der Waals surface area contributed by atoms with Crippen molar-refractivity contribution in [2.75, 3.05) is 45.5 Å². The van der Waals surface area contributed by atoms with Crippen LogP contribution in [0.4, 0.5) is 0 Å². The third kappa shape index (κ3) is 3.57. The molecule has 0 bridgehead atoms. The van der Waals surface area contributed by atoms with Gasteiger partial charge in [-0.1, -0.05) is 5.16 Å². The lowest BCUT2D eigenvalue weighted by Crippen LogP contribution is -2.44. The maximum atomic E-state index is 11.9. The van der Waals surface area contributed by atoms with Gasteiger partial charge in [0.1, 0.15) is 0 Å². The van der Waals surface area contributed by atoms with Crippen molar-refractivity contribution < 1.29 is 12.9 Å². The molecule has 0 aliphatic carbocycles. The number of hydrogen-bond acceptors (Lipinski definition) is 7. The molecule has 1 aromatic rings. The number of likely N-dealkylation sites (N-methyl/N-ethyl adjacent to an activating group) is 1. The molecule has 0 radical (unpaired) electrons. The van der Waals surface area contributed by atoms with Crippen LogP contribution >= 0.6 is 0 Å². The minimum atomic E-state index is -3.09. The second kappa shape index (κ2) is 6.84. The second-order valence-corrected chi connectivity index (χ2v) is 8.52. The van der Waals surface area contributed by atoms with E-state index in [0.29, 0.717) is 19.0 Å². The van der Waals surface area contributed by atoms with E-state index in [4.69, 9.17) is 4.52 Å². The molecule has 8 nitrogen and oxygen atoms in total. The molecule has 130 valence electrons. The summed E-state index contributed by atoms with van der Waals surface area (Å²) >= 11 is 0. The molecule has 3 rings (SSSR count). The van der Waals surface area contributed by atoms with E-state index in [0.717, 1.165) is 38.3 Å². The van der Waals surface area contributed by atoms with Crippen LogP contribution in [0.15, 0.2) is 4.52 Å². The molecule has 23 heavy (non-hydrogen) atoms. The van der Waals surface area contributed by atoms with Crippen LogP contribution in [0.25, 0.3) is 0 Å². The topological polar surface area (TPSA) is 91.6 Å². The molecule has 3 heterocycles. The number of piperidine rings is 1. The van der Waals surface area contributed by atoms with Crippen molar-refractivity contribution in [2.24, 2.45) is 0 Å². The van der Waals surface area contributed by atoms with Crippen molar-refractivity contribution in [3.8, 4) is 0 Å². The van der Waals surface area contributed by atoms with Gasteiger partial charge in [0.15, 0.2) is 5.82 Å². The number of nitrogens with one attached hydrogen (secondary N) is 1. The summed E-state index contributed by atoms with van der Waals surface area (Å²) in [6, 6.07) is 0.141. The van der Waals surface area contributed by atoms with Crippen molar-refractivity contribution in [2.45, 2.75) is 31.7 Å². The Kier molecular flexibility index (Phi) is 5.00. The Morgan fingerprint density at radius 3 is 2.70 bits per heavy atom. The van der Waals surface area contributed by atoms with Crippen molar-refractivity contribution in [1.82, 2.24) is 24.7 Å². The standard InChI is InChI=1S/C14H25N5O3S/c1-3-23(20,21)19-7-4-11(5-8-19)14-16-13(17-22-14)12-10-15-6-9-18(12)2/h11-12,15H,3-10H2,1-2H3. The largest absolute Gasteiger partial charge is 0.339 e. The Hall–Kier alpha value is -1.03. The van der Waals surface area contributed by atoms with Gasteiger partial charge in [-0.05, 0) is 26.8 Å². The van der Waals surface area contributed by atoms with E-state index in [2.05, 4.69) is 27.4 Å². The van der Waals surface area contributed by atoms with Crippen molar-refractivity contribution in [1.29, 1.82) is 0 Å². The van der Waals surface area contributed by atoms with Gasteiger partial charge in [-0.3, -0.25) is 4.90 Å². The fraction of sp³-hybridized carbons (Fsp3) is 0.857. The Morgan fingerprint density at radius 2 is 2.04 bits per heavy atom. The summed E-state index contributed by atoms with van der Waals surface area (Å²) in [6.45, 7) is 5.50. The fourth-order valence-electron chi connectivity index (χ4n) is 3.21. The van der Waals surface area contributed by atoms with Crippen LogP contribution in [-0.4, -0.2) is 73.3 Å². The lowest BCUT2D eigenvalue weighted by Gasteiger charge is -2.30.